The smallest absolute Gasteiger partial charge is 0.248 e. The molecule has 0 spiro atoms. The summed E-state index contributed by atoms with van der Waals surface area (Å²) in [6.07, 6.45) is 0. The molecule has 0 atom stereocenters. The molecule has 2 aromatic rings. The van der Waals surface area contributed by atoms with Gasteiger partial charge in [-0.3, -0.25) is 9.79 Å². The summed E-state index contributed by atoms with van der Waals surface area (Å²) in [5, 5.41) is 3.97. The minimum Gasteiger partial charge on any atom is -0.366 e. The van der Waals surface area contributed by atoms with E-state index in [2.05, 4.69) is 23.4 Å². The second-order valence-electron chi connectivity index (χ2n) is 4.09. The minimum absolute atomic E-state index is 0.431. The lowest BCUT2D eigenvalue weighted by molar-refractivity contribution is 0.100. The molecule has 19 heavy (non-hydrogen) atoms. The van der Waals surface area contributed by atoms with E-state index in [0.29, 0.717) is 22.7 Å². The van der Waals surface area contributed by atoms with Crippen LogP contribution in [0.3, 0.4) is 0 Å². The summed E-state index contributed by atoms with van der Waals surface area (Å²) in [6, 6.07) is 6.71. The molecule has 5 heteroatoms. The summed E-state index contributed by atoms with van der Waals surface area (Å²) >= 11 is 0. The van der Waals surface area contributed by atoms with E-state index in [9.17, 15) is 4.79 Å². The number of carbonyl (C=O) groups is 1. The number of rotatable bonds is 4. The third-order valence-electron chi connectivity index (χ3n) is 2.66. The fourth-order valence-electron chi connectivity index (χ4n) is 1.69. The van der Waals surface area contributed by atoms with Gasteiger partial charge in [-0.05, 0) is 31.3 Å². The predicted molar refractivity (Wildman–Crippen MR) is 74.4 cm³/mol. The SMILES string of the molecule is C=Nc1c(-c2ccc(C(N)=O)cc2)noc1C(=C)C. The van der Waals surface area contributed by atoms with Crippen molar-refractivity contribution in [3.63, 3.8) is 0 Å². The molecule has 2 rings (SSSR count). The van der Waals surface area contributed by atoms with Gasteiger partial charge >= 0.3 is 0 Å². The Morgan fingerprint density at radius 1 is 1.37 bits per heavy atom. The minimum atomic E-state index is -0.476. The predicted octanol–water partition coefficient (Wildman–Crippen LogP) is 2.81. The van der Waals surface area contributed by atoms with Crippen molar-refractivity contribution in [2.24, 2.45) is 10.7 Å². The zero-order chi connectivity index (χ0) is 14.0. The lowest BCUT2D eigenvalue weighted by atomic mass is 10.1. The van der Waals surface area contributed by atoms with Gasteiger partial charge < -0.3 is 10.3 Å². The molecule has 0 unspecified atom stereocenters. The van der Waals surface area contributed by atoms with Crippen LogP contribution in [0.2, 0.25) is 0 Å². The second-order valence-corrected chi connectivity index (χ2v) is 4.09. The summed E-state index contributed by atoms with van der Waals surface area (Å²) in [4.78, 5) is 14.9. The van der Waals surface area contributed by atoms with E-state index in [0.717, 1.165) is 11.1 Å². The van der Waals surface area contributed by atoms with Crippen LogP contribution in [0, 0.1) is 0 Å². The zero-order valence-electron chi connectivity index (χ0n) is 10.5. The molecule has 0 aliphatic heterocycles. The number of hydrogen-bond acceptors (Lipinski definition) is 4. The van der Waals surface area contributed by atoms with Gasteiger partial charge in [0.15, 0.2) is 5.76 Å². The van der Waals surface area contributed by atoms with Crippen molar-refractivity contribution in [2.75, 3.05) is 0 Å². The summed E-state index contributed by atoms with van der Waals surface area (Å²) in [5.41, 5.74) is 8.21. The van der Waals surface area contributed by atoms with E-state index in [4.69, 9.17) is 10.3 Å². The van der Waals surface area contributed by atoms with Gasteiger partial charge in [-0.2, -0.15) is 0 Å². The van der Waals surface area contributed by atoms with E-state index in [1.54, 1.807) is 31.2 Å². The highest BCUT2D eigenvalue weighted by Crippen LogP contribution is 2.35. The monoisotopic (exact) mass is 255 g/mol. The molecule has 0 radical (unpaired) electrons. The van der Waals surface area contributed by atoms with Gasteiger partial charge in [-0.15, -0.1) is 0 Å². The molecule has 0 saturated carbocycles. The molecule has 1 aromatic heterocycles. The van der Waals surface area contributed by atoms with Gasteiger partial charge in [0.05, 0.1) is 0 Å². The Bertz CT molecular complexity index is 654. The average molecular weight is 255 g/mol. The Morgan fingerprint density at radius 2 is 2.00 bits per heavy atom. The number of nitrogens with zero attached hydrogens (tertiary/aromatic N) is 2. The topological polar surface area (TPSA) is 81.5 Å². The number of carbonyl (C=O) groups excluding carboxylic acids is 1. The van der Waals surface area contributed by atoms with Crippen LogP contribution in [0.15, 0.2) is 40.4 Å². The van der Waals surface area contributed by atoms with Gasteiger partial charge in [0.1, 0.15) is 11.4 Å². The molecule has 0 saturated heterocycles. The highest BCUT2D eigenvalue weighted by molar-refractivity contribution is 5.93. The first-order chi connectivity index (χ1) is 9.04. The third-order valence-corrected chi connectivity index (χ3v) is 2.66. The summed E-state index contributed by atoms with van der Waals surface area (Å²) < 4.78 is 5.21. The van der Waals surface area contributed by atoms with E-state index < -0.39 is 5.91 Å². The molecule has 2 N–H and O–H groups in total. The molecule has 0 fully saturated rings. The molecule has 0 aliphatic rings. The van der Waals surface area contributed by atoms with Crippen molar-refractivity contribution in [2.45, 2.75) is 6.92 Å². The summed E-state index contributed by atoms with van der Waals surface area (Å²) in [6.45, 7) is 9.11. The molecule has 1 aromatic carbocycles. The first-order valence-corrected chi connectivity index (χ1v) is 5.57. The number of benzene rings is 1. The number of amides is 1. The van der Waals surface area contributed by atoms with Crippen LogP contribution >= 0.6 is 0 Å². The normalized spacial score (nSPS) is 10.2. The number of aliphatic imine (C=N–C) groups is 1. The second kappa shape index (κ2) is 4.89. The van der Waals surface area contributed by atoms with Crippen molar-refractivity contribution in [1.82, 2.24) is 5.16 Å². The largest absolute Gasteiger partial charge is 0.366 e. The van der Waals surface area contributed by atoms with Crippen LogP contribution in [0.1, 0.15) is 23.0 Å². The number of aromatic nitrogens is 1. The summed E-state index contributed by atoms with van der Waals surface area (Å²) in [5.74, 6) is 0.0281. The molecule has 0 bridgehead atoms. The molecule has 96 valence electrons. The number of nitrogens with two attached hydrogens (primary N) is 1. The standard InChI is InChI=1S/C14H13N3O2/c1-8(2)13-12(16-3)11(17-19-13)9-4-6-10(7-5-9)14(15)18/h4-7H,1,3H2,2H3,(H2,15,18). The molecule has 0 aliphatic carbocycles. The van der Waals surface area contributed by atoms with Crippen molar-refractivity contribution >= 4 is 23.9 Å². The van der Waals surface area contributed by atoms with Crippen LogP contribution in [0.25, 0.3) is 16.8 Å². The lowest BCUT2D eigenvalue weighted by Gasteiger charge is -2.00. The van der Waals surface area contributed by atoms with E-state index >= 15 is 0 Å². The van der Waals surface area contributed by atoms with E-state index in [1.807, 2.05) is 0 Å². The number of hydrogen-bond donors (Lipinski definition) is 1. The van der Waals surface area contributed by atoms with Crippen molar-refractivity contribution < 1.29 is 9.32 Å². The highest BCUT2D eigenvalue weighted by atomic mass is 16.5. The molecular formula is C14H13N3O2. The highest BCUT2D eigenvalue weighted by Gasteiger charge is 2.17. The Kier molecular flexibility index (Phi) is 3.29. The Labute approximate surface area is 110 Å². The van der Waals surface area contributed by atoms with Crippen LogP contribution < -0.4 is 5.73 Å². The lowest BCUT2D eigenvalue weighted by Crippen LogP contribution is -2.10. The fourth-order valence-corrected chi connectivity index (χ4v) is 1.69. The molecule has 5 nitrogen and oxygen atoms in total. The summed E-state index contributed by atoms with van der Waals surface area (Å²) in [7, 11) is 0. The molecule has 1 heterocycles. The van der Waals surface area contributed by atoms with Gasteiger partial charge in [0, 0.05) is 11.1 Å². The number of primary amides is 1. The fraction of sp³-hybridized carbons (Fsp3) is 0.0714. The Morgan fingerprint density at radius 3 is 2.47 bits per heavy atom. The maximum absolute atomic E-state index is 11.0. The van der Waals surface area contributed by atoms with Gasteiger partial charge in [0.25, 0.3) is 0 Å². The van der Waals surface area contributed by atoms with Gasteiger partial charge in [0.2, 0.25) is 5.91 Å². The van der Waals surface area contributed by atoms with Crippen molar-refractivity contribution in [3.8, 4) is 11.3 Å². The van der Waals surface area contributed by atoms with Crippen LogP contribution in [0.4, 0.5) is 5.69 Å². The van der Waals surface area contributed by atoms with E-state index in [-0.39, 0.29) is 0 Å². The maximum Gasteiger partial charge on any atom is 0.248 e. The zero-order valence-corrected chi connectivity index (χ0v) is 10.5. The Balaban J connectivity index is 2.50. The van der Waals surface area contributed by atoms with E-state index in [1.165, 1.54) is 0 Å². The van der Waals surface area contributed by atoms with Crippen LogP contribution in [-0.2, 0) is 0 Å². The quantitative estimate of drug-likeness (QED) is 0.853. The van der Waals surface area contributed by atoms with Gasteiger partial charge in [-0.1, -0.05) is 23.9 Å². The number of allylic oxidation sites excluding steroid dienone is 1. The van der Waals surface area contributed by atoms with Crippen LogP contribution in [0.5, 0.6) is 0 Å². The molecular weight excluding hydrogens is 242 g/mol. The third kappa shape index (κ3) is 2.30. The van der Waals surface area contributed by atoms with Crippen molar-refractivity contribution in [1.29, 1.82) is 0 Å². The average Bonchev–Trinajstić information content (AvgIpc) is 2.82. The molecule has 1 amide bonds. The van der Waals surface area contributed by atoms with Crippen LogP contribution in [-0.4, -0.2) is 17.8 Å². The van der Waals surface area contributed by atoms with Gasteiger partial charge in [-0.25, -0.2) is 0 Å². The first-order valence-electron chi connectivity index (χ1n) is 5.57. The maximum atomic E-state index is 11.0. The van der Waals surface area contributed by atoms with Crippen molar-refractivity contribution in [3.05, 3.63) is 42.2 Å². The first kappa shape index (κ1) is 12.8. The Hall–Kier alpha value is -2.69.